The molecule has 0 atom stereocenters. The van der Waals surface area contributed by atoms with Crippen molar-refractivity contribution >= 4 is 30.5 Å². The van der Waals surface area contributed by atoms with Crippen LogP contribution in [0, 0.1) is 0 Å². The Bertz CT molecular complexity index is 174. The van der Waals surface area contributed by atoms with E-state index in [0.29, 0.717) is 0 Å². The highest BCUT2D eigenvalue weighted by atomic mass is 16.3. The molecule has 0 aromatic rings. The summed E-state index contributed by atoms with van der Waals surface area (Å²) in [7, 11) is 13.9. The van der Waals surface area contributed by atoms with Crippen molar-refractivity contribution in [3.8, 4) is 0 Å². The van der Waals surface area contributed by atoms with Crippen LogP contribution in [-0.2, 0) is 0 Å². The Morgan fingerprint density at radius 3 is 1.69 bits per heavy atom. The maximum Gasteiger partial charge on any atom is 0.291 e. The fourth-order valence-corrected chi connectivity index (χ4v) is 0.882. The van der Waals surface area contributed by atoms with E-state index in [0.717, 1.165) is 7.48 Å². The minimum Gasteiger partial charge on any atom is -0.454 e. The molecule has 0 aliphatic rings. The summed E-state index contributed by atoms with van der Waals surface area (Å²) in [6, 6.07) is 0. The molecule has 6 heteroatoms. The van der Waals surface area contributed by atoms with Crippen molar-refractivity contribution in [1.82, 2.24) is 0 Å². The zero-order chi connectivity index (χ0) is 10.9. The van der Waals surface area contributed by atoms with Crippen LogP contribution in [0.4, 0.5) is 0 Å². The van der Waals surface area contributed by atoms with E-state index in [1.165, 1.54) is 7.28 Å². The fourth-order valence-electron chi connectivity index (χ4n) is 0.882. The summed E-state index contributed by atoms with van der Waals surface area (Å²) >= 11 is 0. The van der Waals surface area contributed by atoms with Crippen molar-refractivity contribution < 1.29 is 10.1 Å². The summed E-state index contributed by atoms with van der Waals surface area (Å²) in [4.78, 5) is 0. The summed E-state index contributed by atoms with van der Waals surface area (Å²) in [5.74, 6) is 0. The molecule has 6 radical (unpaired) electrons. The van der Waals surface area contributed by atoms with Gasteiger partial charge in [-0.05, 0) is 19.2 Å². The summed E-state index contributed by atoms with van der Waals surface area (Å²) < 4.78 is 0. The van der Waals surface area contributed by atoms with Crippen molar-refractivity contribution in [3.05, 3.63) is 0 Å². The maximum absolute atomic E-state index is 9.50. The van der Waals surface area contributed by atoms with E-state index in [1.54, 1.807) is 27.7 Å². The SMILES string of the molecule is [B]C([B])([B]C(C)(C)O)C(C)(C)[B]O. The highest BCUT2D eigenvalue weighted by Gasteiger charge is 2.40. The van der Waals surface area contributed by atoms with Crippen LogP contribution in [0.5, 0.6) is 0 Å². The third-order valence-electron chi connectivity index (χ3n) is 2.03. The van der Waals surface area contributed by atoms with Gasteiger partial charge in [-0.25, -0.2) is 0 Å². The van der Waals surface area contributed by atoms with Crippen LogP contribution in [0.15, 0.2) is 0 Å². The lowest BCUT2D eigenvalue weighted by Crippen LogP contribution is -2.45. The first-order valence-corrected chi connectivity index (χ1v) is 4.18. The largest absolute Gasteiger partial charge is 0.454 e. The molecule has 0 aliphatic carbocycles. The molecule has 2 N–H and O–H groups in total. The zero-order valence-electron chi connectivity index (χ0n) is 8.70. The molecule has 0 heterocycles. The second-order valence-corrected chi connectivity index (χ2v) is 4.58. The van der Waals surface area contributed by atoms with Gasteiger partial charge in [0.05, 0.1) is 15.7 Å². The lowest BCUT2D eigenvalue weighted by molar-refractivity contribution is 0.163. The lowest BCUT2D eigenvalue weighted by atomic mass is 9.19. The molecule has 0 unspecified atom stereocenters. The molecule has 0 spiro atoms. The summed E-state index contributed by atoms with van der Waals surface area (Å²) in [6.07, 6.45) is 0. The normalized spacial score (nSPS) is 14.0. The zero-order valence-corrected chi connectivity index (χ0v) is 8.70. The molecule has 0 aromatic carbocycles. The molecular weight excluding hydrogens is 159 g/mol. The van der Waals surface area contributed by atoms with Crippen molar-refractivity contribution in [2.75, 3.05) is 0 Å². The first kappa shape index (κ1) is 13.2. The average molecular weight is 173 g/mol. The topological polar surface area (TPSA) is 40.5 Å². The van der Waals surface area contributed by atoms with Gasteiger partial charge in [0.2, 0.25) is 0 Å². The number of hydrogen-bond acceptors (Lipinski definition) is 2. The van der Waals surface area contributed by atoms with E-state index >= 15 is 0 Å². The van der Waals surface area contributed by atoms with Crippen LogP contribution in [-0.4, -0.2) is 46.1 Å². The Morgan fingerprint density at radius 2 is 1.46 bits per heavy atom. The van der Waals surface area contributed by atoms with Gasteiger partial charge in [-0.3, -0.25) is 0 Å². The van der Waals surface area contributed by atoms with Crippen LogP contribution in [0.2, 0.25) is 10.4 Å². The summed E-state index contributed by atoms with van der Waals surface area (Å²) in [5.41, 5.74) is -1.07. The molecule has 2 nitrogen and oxygen atoms in total. The van der Waals surface area contributed by atoms with Gasteiger partial charge < -0.3 is 10.1 Å². The predicted molar refractivity (Wildman–Crippen MR) is 58.3 cm³/mol. The van der Waals surface area contributed by atoms with Gasteiger partial charge in [-0.1, -0.05) is 13.8 Å². The Kier molecular flexibility index (Phi) is 3.79. The molecular formula is C7H14B4O2. The quantitative estimate of drug-likeness (QED) is 0.570. The molecule has 0 amide bonds. The van der Waals surface area contributed by atoms with Crippen LogP contribution in [0.3, 0.4) is 0 Å². The molecule has 13 heavy (non-hydrogen) atoms. The van der Waals surface area contributed by atoms with Crippen molar-refractivity contribution in [3.63, 3.8) is 0 Å². The predicted octanol–water partition coefficient (Wildman–Crippen LogP) is -0.360. The van der Waals surface area contributed by atoms with Crippen molar-refractivity contribution in [2.24, 2.45) is 0 Å². The van der Waals surface area contributed by atoms with Crippen LogP contribution in [0.25, 0.3) is 0 Å². The van der Waals surface area contributed by atoms with Gasteiger partial charge >= 0.3 is 0 Å². The standard InChI is InChI=1S/C7H14B4O2/c1-5(2,11-13)7(8,9)10-6(3,4)12/h12-13H,1-4H3. The minimum atomic E-state index is -1.25. The Balaban J connectivity index is 4.58. The van der Waals surface area contributed by atoms with E-state index < -0.39 is 15.9 Å². The molecule has 0 rings (SSSR count). The molecule has 0 bridgehead atoms. The maximum atomic E-state index is 9.50. The minimum absolute atomic E-state index is 0.785. The van der Waals surface area contributed by atoms with E-state index in [9.17, 15) is 5.11 Å². The smallest absolute Gasteiger partial charge is 0.291 e. The summed E-state index contributed by atoms with van der Waals surface area (Å²) in [6.45, 7) is 6.54. The highest BCUT2D eigenvalue weighted by molar-refractivity contribution is 6.72. The van der Waals surface area contributed by atoms with E-state index in [2.05, 4.69) is 0 Å². The first-order chi connectivity index (χ1) is 5.52. The molecule has 0 aliphatic heterocycles. The number of rotatable bonds is 4. The van der Waals surface area contributed by atoms with Gasteiger partial charge in [-0.2, -0.15) is 0 Å². The van der Waals surface area contributed by atoms with Gasteiger partial charge in [-0.15, -0.1) is 5.11 Å². The van der Waals surface area contributed by atoms with Crippen molar-refractivity contribution in [2.45, 2.75) is 43.6 Å². The molecule has 0 saturated heterocycles. The van der Waals surface area contributed by atoms with E-state index in [1.807, 2.05) is 0 Å². The second kappa shape index (κ2) is 3.74. The average Bonchev–Trinajstić information content (AvgIpc) is 1.81. The van der Waals surface area contributed by atoms with Gasteiger partial charge in [0.15, 0.2) is 0 Å². The molecule has 66 valence electrons. The lowest BCUT2D eigenvalue weighted by Gasteiger charge is -2.43. The Hall–Kier alpha value is 0.180. The Labute approximate surface area is 84.8 Å². The van der Waals surface area contributed by atoms with E-state index in [4.69, 9.17) is 20.7 Å². The van der Waals surface area contributed by atoms with Crippen LogP contribution < -0.4 is 0 Å². The Morgan fingerprint density at radius 1 is 1.08 bits per heavy atom. The number of hydrogen-bond donors (Lipinski definition) is 2. The molecule has 0 fully saturated rings. The molecule has 0 saturated carbocycles. The third-order valence-corrected chi connectivity index (χ3v) is 2.03. The monoisotopic (exact) mass is 174 g/mol. The van der Waals surface area contributed by atoms with Crippen LogP contribution in [0.1, 0.15) is 27.7 Å². The van der Waals surface area contributed by atoms with Gasteiger partial charge in [0, 0.05) is 5.50 Å². The van der Waals surface area contributed by atoms with Crippen molar-refractivity contribution in [1.29, 1.82) is 0 Å². The molecule has 0 aromatic heterocycles. The summed E-state index contributed by atoms with van der Waals surface area (Å²) in [5, 5.41) is 16.4. The highest BCUT2D eigenvalue weighted by Crippen LogP contribution is 2.45. The van der Waals surface area contributed by atoms with Gasteiger partial charge in [0.25, 0.3) is 7.48 Å². The van der Waals surface area contributed by atoms with E-state index in [-0.39, 0.29) is 0 Å². The number of aliphatic hydroxyl groups is 1. The first-order valence-electron chi connectivity index (χ1n) is 4.18. The second-order valence-electron chi connectivity index (χ2n) is 4.58. The van der Waals surface area contributed by atoms with Gasteiger partial charge in [0.1, 0.15) is 7.28 Å². The third kappa shape index (κ3) is 3.82. The van der Waals surface area contributed by atoms with Crippen LogP contribution >= 0.6 is 0 Å². The fraction of sp³-hybridized carbons (Fsp3) is 1.00.